The van der Waals surface area contributed by atoms with E-state index in [9.17, 15) is 10.1 Å². The predicted octanol–water partition coefficient (Wildman–Crippen LogP) is 5.81. The van der Waals surface area contributed by atoms with E-state index in [2.05, 4.69) is 24.9 Å². The first-order valence-corrected chi connectivity index (χ1v) is 10.4. The zero-order chi connectivity index (χ0) is 21.0. The number of ketones is 1. The van der Waals surface area contributed by atoms with E-state index in [0.717, 1.165) is 16.8 Å². The molecular formula is C24H24N2O2S. The molecule has 0 bridgehead atoms. The van der Waals surface area contributed by atoms with Crippen LogP contribution in [0.1, 0.15) is 47.4 Å². The van der Waals surface area contributed by atoms with E-state index in [1.54, 1.807) is 0 Å². The van der Waals surface area contributed by atoms with Gasteiger partial charge in [-0.05, 0) is 43.0 Å². The van der Waals surface area contributed by atoms with E-state index in [1.807, 2.05) is 61.7 Å². The second-order valence-corrected chi connectivity index (χ2v) is 8.32. The van der Waals surface area contributed by atoms with Crippen LogP contribution in [-0.2, 0) is 4.79 Å². The molecule has 0 amide bonds. The van der Waals surface area contributed by atoms with E-state index < -0.39 is 5.92 Å². The summed E-state index contributed by atoms with van der Waals surface area (Å²) in [5, 5.41) is 11.9. The van der Waals surface area contributed by atoms with Crippen LogP contribution >= 0.6 is 11.3 Å². The van der Waals surface area contributed by atoms with E-state index in [-0.39, 0.29) is 12.4 Å². The Morgan fingerprint density at radius 3 is 2.52 bits per heavy atom. The number of hydrogen-bond donors (Lipinski definition) is 0. The topological polar surface area (TPSA) is 63.0 Å². The number of hydrogen-bond acceptors (Lipinski definition) is 5. The van der Waals surface area contributed by atoms with Crippen LogP contribution in [0.5, 0.6) is 5.75 Å². The van der Waals surface area contributed by atoms with Gasteiger partial charge in [0.25, 0.3) is 0 Å². The molecule has 3 rings (SSSR count). The van der Waals surface area contributed by atoms with Crippen LogP contribution in [0, 0.1) is 25.2 Å². The molecule has 3 aromatic rings. The molecule has 0 radical (unpaired) electrons. The maximum Gasteiger partial charge on any atom is 0.194 e. The normalized spacial score (nSPS) is 11.9. The van der Waals surface area contributed by atoms with Crippen LogP contribution in [0.3, 0.4) is 0 Å². The Morgan fingerprint density at radius 1 is 1.17 bits per heavy atom. The average molecular weight is 405 g/mol. The summed E-state index contributed by atoms with van der Waals surface area (Å²) in [6.07, 6.45) is 0. The molecule has 0 saturated carbocycles. The minimum Gasteiger partial charge on any atom is -0.486 e. The SMILES string of the molecule is Cc1ccc(-c2csc(C(C#N)C(=O)COc3ccc(C(C)C)c(C)c3)n2)cc1. The van der Waals surface area contributed by atoms with Crippen LogP contribution in [0.2, 0.25) is 0 Å². The van der Waals surface area contributed by atoms with Crippen molar-refractivity contribution in [3.05, 3.63) is 69.5 Å². The maximum atomic E-state index is 12.6. The van der Waals surface area contributed by atoms with Crippen molar-refractivity contribution >= 4 is 17.1 Å². The van der Waals surface area contributed by atoms with Gasteiger partial charge in [-0.15, -0.1) is 11.3 Å². The summed E-state index contributed by atoms with van der Waals surface area (Å²) < 4.78 is 5.67. The molecule has 4 nitrogen and oxygen atoms in total. The summed E-state index contributed by atoms with van der Waals surface area (Å²) >= 11 is 1.33. The number of benzene rings is 2. The lowest BCUT2D eigenvalue weighted by Crippen LogP contribution is -2.19. The minimum atomic E-state index is -0.921. The van der Waals surface area contributed by atoms with Gasteiger partial charge in [-0.3, -0.25) is 4.79 Å². The summed E-state index contributed by atoms with van der Waals surface area (Å²) in [5.41, 5.74) is 5.30. The van der Waals surface area contributed by atoms with Gasteiger partial charge in [0.2, 0.25) is 0 Å². The van der Waals surface area contributed by atoms with Crippen molar-refractivity contribution < 1.29 is 9.53 Å². The van der Waals surface area contributed by atoms with Crippen molar-refractivity contribution in [1.29, 1.82) is 5.26 Å². The molecule has 1 heterocycles. The van der Waals surface area contributed by atoms with Crippen LogP contribution in [-0.4, -0.2) is 17.4 Å². The van der Waals surface area contributed by atoms with E-state index in [4.69, 9.17) is 4.74 Å². The fraction of sp³-hybridized carbons (Fsp3) is 0.292. The first-order valence-electron chi connectivity index (χ1n) is 9.57. The quantitative estimate of drug-likeness (QED) is 0.499. The van der Waals surface area contributed by atoms with Crippen LogP contribution in [0.25, 0.3) is 11.3 Å². The van der Waals surface area contributed by atoms with Gasteiger partial charge < -0.3 is 4.74 Å². The van der Waals surface area contributed by atoms with Gasteiger partial charge in [-0.2, -0.15) is 5.26 Å². The molecule has 1 atom stereocenters. The van der Waals surface area contributed by atoms with Gasteiger partial charge in [0.05, 0.1) is 11.8 Å². The van der Waals surface area contributed by atoms with Crippen molar-refractivity contribution in [3.63, 3.8) is 0 Å². The van der Waals surface area contributed by atoms with E-state index in [0.29, 0.717) is 16.7 Å². The van der Waals surface area contributed by atoms with Crippen molar-refractivity contribution in [2.45, 2.75) is 39.5 Å². The molecule has 0 spiro atoms. The lowest BCUT2D eigenvalue weighted by molar-refractivity contribution is -0.121. The number of rotatable bonds is 7. The molecule has 1 unspecified atom stereocenters. The fourth-order valence-corrected chi connectivity index (χ4v) is 4.06. The van der Waals surface area contributed by atoms with Gasteiger partial charge in [0.15, 0.2) is 11.7 Å². The first-order chi connectivity index (χ1) is 13.9. The monoisotopic (exact) mass is 404 g/mol. The van der Waals surface area contributed by atoms with E-state index >= 15 is 0 Å². The Bertz CT molecular complexity index is 1050. The lowest BCUT2D eigenvalue weighted by Gasteiger charge is -2.12. The molecule has 0 N–H and O–H groups in total. The summed E-state index contributed by atoms with van der Waals surface area (Å²) in [4.78, 5) is 17.1. The summed E-state index contributed by atoms with van der Waals surface area (Å²) in [6.45, 7) is 8.19. The van der Waals surface area contributed by atoms with Crippen molar-refractivity contribution in [3.8, 4) is 23.1 Å². The smallest absolute Gasteiger partial charge is 0.194 e. The van der Waals surface area contributed by atoms with Crippen LogP contribution in [0.4, 0.5) is 0 Å². The van der Waals surface area contributed by atoms with Crippen molar-refractivity contribution in [2.24, 2.45) is 0 Å². The largest absolute Gasteiger partial charge is 0.486 e. The average Bonchev–Trinajstić information content (AvgIpc) is 3.17. The fourth-order valence-electron chi connectivity index (χ4n) is 3.17. The van der Waals surface area contributed by atoms with Crippen LogP contribution in [0.15, 0.2) is 47.8 Å². The number of nitriles is 1. The van der Waals surface area contributed by atoms with Gasteiger partial charge in [-0.1, -0.05) is 49.7 Å². The lowest BCUT2D eigenvalue weighted by atomic mass is 9.98. The second kappa shape index (κ2) is 9.02. The number of aromatic nitrogens is 1. The second-order valence-electron chi connectivity index (χ2n) is 7.43. The highest BCUT2D eigenvalue weighted by atomic mass is 32.1. The Labute approximate surface area is 175 Å². The highest BCUT2D eigenvalue weighted by Crippen LogP contribution is 2.28. The van der Waals surface area contributed by atoms with Crippen molar-refractivity contribution in [2.75, 3.05) is 6.61 Å². The van der Waals surface area contributed by atoms with Crippen molar-refractivity contribution in [1.82, 2.24) is 4.98 Å². The van der Waals surface area contributed by atoms with Gasteiger partial charge in [-0.25, -0.2) is 4.98 Å². The third-order valence-corrected chi connectivity index (χ3v) is 5.72. The molecule has 5 heteroatoms. The zero-order valence-electron chi connectivity index (χ0n) is 17.1. The number of carbonyl (C=O) groups excluding carboxylic acids is 1. The summed E-state index contributed by atoms with van der Waals surface area (Å²) in [5.74, 6) is -0.143. The highest BCUT2D eigenvalue weighted by Gasteiger charge is 2.24. The van der Waals surface area contributed by atoms with Crippen LogP contribution < -0.4 is 4.74 Å². The Kier molecular flexibility index (Phi) is 6.46. The molecule has 0 saturated heterocycles. The van der Waals surface area contributed by atoms with Gasteiger partial charge >= 0.3 is 0 Å². The highest BCUT2D eigenvalue weighted by molar-refractivity contribution is 7.10. The van der Waals surface area contributed by atoms with Gasteiger partial charge in [0, 0.05) is 10.9 Å². The Morgan fingerprint density at radius 2 is 1.90 bits per heavy atom. The zero-order valence-corrected chi connectivity index (χ0v) is 17.9. The molecule has 29 heavy (non-hydrogen) atoms. The standard InChI is InChI=1S/C24H24N2O2S/c1-15(2)20-10-9-19(11-17(20)4)28-13-23(27)21(12-25)24-26-22(14-29-24)18-7-5-16(3)6-8-18/h5-11,14-15,21H,13H2,1-4H3. The Hall–Kier alpha value is -2.97. The number of Topliss-reactive ketones (excluding diaryl/α,β-unsaturated/α-hetero) is 1. The molecule has 2 aromatic carbocycles. The maximum absolute atomic E-state index is 12.6. The molecule has 0 fully saturated rings. The number of thiazole rings is 1. The molecule has 0 aliphatic carbocycles. The molecule has 1 aromatic heterocycles. The molecule has 0 aliphatic heterocycles. The first kappa shape index (κ1) is 20.8. The third kappa shape index (κ3) is 4.90. The van der Waals surface area contributed by atoms with Gasteiger partial charge in [0.1, 0.15) is 17.4 Å². The number of carbonyl (C=O) groups is 1. The number of ether oxygens (including phenoxy) is 1. The summed E-state index contributed by atoms with van der Waals surface area (Å²) in [7, 11) is 0. The number of nitrogens with zero attached hydrogens (tertiary/aromatic N) is 2. The third-order valence-electron chi connectivity index (χ3n) is 4.81. The summed E-state index contributed by atoms with van der Waals surface area (Å²) in [6, 6.07) is 15.9. The Balaban J connectivity index is 1.69. The molecule has 148 valence electrons. The minimum absolute atomic E-state index is 0.155. The molecular weight excluding hydrogens is 380 g/mol. The molecule has 0 aliphatic rings. The van der Waals surface area contributed by atoms with E-state index in [1.165, 1.54) is 22.5 Å². The number of aryl methyl sites for hydroxylation is 2. The predicted molar refractivity (Wildman–Crippen MR) is 116 cm³/mol.